The number of fused-ring (bicyclic) bond motifs is 1. The van der Waals surface area contributed by atoms with E-state index in [1.165, 1.54) is 4.90 Å². The van der Waals surface area contributed by atoms with Crippen molar-refractivity contribution in [2.45, 2.75) is 31.2 Å². The molecule has 2 atom stereocenters. The van der Waals surface area contributed by atoms with Crippen LogP contribution in [0.5, 0.6) is 0 Å². The van der Waals surface area contributed by atoms with Crippen molar-refractivity contribution in [2.75, 3.05) is 18.0 Å². The zero-order valence-corrected chi connectivity index (χ0v) is 21.1. The van der Waals surface area contributed by atoms with Gasteiger partial charge in [-0.15, -0.1) is 0 Å². The Bertz CT molecular complexity index is 1570. The lowest BCUT2D eigenvalue weighted by atomic mass is 10.1. The number of hydrogen-bond donors (Lipinski definition) is 2. The molecule has 206 valence electrons. The summed E-state index contributed by atoms with van der Waals surface area (Å²) in [6.07, 6.45) is -5.08. The quantitative estimate of drug-likeness (QED) is 0.425. The maximum absolute atomic E-state index is 14.9. The molecule has 39 heavy (non-hydrogen) atoms. The van der Waals surface area contributed by atoms with Gasteiger partial charge in [0.15, 0.2) is 23.1 Å². The van der Waals surface area contributed by atoms with E-state index in [4.69, 9.17) is 0 Å². The maximum Gasteiger partial charge on any atom is 0.408 e. The normalized spacial score (nSPS) is 18.6. The first-order valence-electron chi connectivity index (χ1n) is 11.5. The second-order valence-electron chi connectivity index (χ2n) is 9.32. The van der Waals surface area contributed by atoms with Crippen molar-refractivity contribution in [1.82, 2.24) is 14.9 Å². The predicted molar refractivity (Wildman–Crippen MR) is 128 cm³/mol. The lowest BCUT2D eigenvalue weighted by Crippen LogP contribution is -2.48. The molecule has 1 saturated heterocycles. The Hall–Kier alpha value is -3.46. The molecule has 1 saturated carbocycles. The summed E-state index contributed by atoms with van der Waals surface area (Å²) in [6, 6.07) is -0.433. The molecule has 1 aliphatic carbocycles. The number of amides is 1. The van der Waals surface area contributed by atoms with Gasteiger partial charge in [0.1, 0.15) is 35.0 Å². The SMILES string of the molecule is O=C(N[C@@H](C1CC1)C(F)(F)F)c1cn(-c2c(F)cc(F)cc2F)c2nc(N3CC(=O)[C@H](O)C3)c(Br)cc2c1=O. The van der Waals surface area contributed by atoms with E-state index in [9.17, 15) is 45.8 Å². The fourth-order valence-electron chi connectivity index (χ4n) is 4.48. The molecule has 0 radical (unpaired) electrons. The molecule has 3 heterocycles. The van der Waals surface area contributed by atoms with Crippen molar-refractivity contribution in [2.24, 2.45) is 5.92 Å². The number of anilines is 1. The first kappa shape index (κ1) is 27.1. The van der Waals surface area contributed by atoms with E-state index in [0.29, 0.717) is 22.9 Å². The lowest BCUT2D eigenvalue weighted by Gasteiger charge is -2.22. The van der Waals surface area contributed by atoms with Crippen LogP contribution in [0.2, 0.25) is 0 Å². The molecule has 2 fully saturated rings. The molecule has 2 aliphatic rings. The molecule has 1 amide bonds. The summed E-state index contributed by atoms with van der Waals surface area (Å²) in [6.45, 7) is -0.456. The number of aliphatic hydroxyl groups excluding tert-OH is 1. The number of carbonyl (C=O) groups excluding carboxylic acids is 2. The smallest absolute Gasteiger partial charge is 0.383 e. The Kier molecular flexibility index (Phi) is 6.69. The number of carbonyl (C=O) groups is 2. The van der Waals surface area contributed by atoms with Gasteiger partial charge in [0.2, 0.25) is 5.43 Å². The van der Waals surface area contributed by atoms with Gasteiger partial charge in [-0.25, -0.2) is 18.2 Å². The van der Waals surface area contributed by atoms with Crippen LogP contribution < -0.4 is 15.6 Å². The monoisotopic (exact) mass is 618 g/mol. The number of halogens is 7. The minimum atomic E-state index is -4.81. The van der Waals surface area contributed by atoms with Crippen LogP contribution in [-0.2, 0) is 4.79 Å². The zero-order valence-electron chi connectivity index (χ0n) is 19.5. The fraction of sp³-hybridized carbons (Fsp3) is 0.333. The summed E-state index contributed by atoms with van der Waals surface area (Å²) < 4.78 is 84.7. The van der Waals surface area contributed by atoms with Crippen LogP contribution in [0.4, 0.5) is 32.2 Å². The maximum atomic E-state index is 14.9. The van der Waals surface area contributed by atoms with Crippen molar-refractivity contribution in [3.05, 3.63) is 62.1 Å². The average molecular weight is 619 g/mol. The third kappa shape index (κ3) is 5.00. The van der Waals surface area contributed by atoms with Crippen LogP contribution in [0.3, 0.4) is 0 Å². The Morgan fingerprint density at radius 3 is 2.31 bits per heavy atom. The number of pyridine rings is 2. The highest BCUT2D eigenvalue weighted by atomic mass is 79.9. The number of rotatable bonds is 5. The van der Waals surface area contributed by atoms with Crippen molar-refractivity contribution < 1.29 is 41.0 Å². The van der Waals surface area contributed by atoms with E-state index in [1.54, 1.807) is 0 Å². The predicted octanol–water partition coefficient (Wildman–Crippen LogP) is 3.39. The van der Waals surface area contributed by atoms with Crippen molar-refractivity contribution in [3.63, 3.8) is 0 Å². The number of aromatic nitrogens is 2. The molecule has 0 spiro atoms. The highest BCUT2D eigenvalue weighted by Crippen LogP contribution is 2.40. The summed E-state index contributed by atoms with van der Waals surface area (Å²) in [5.41, 5.74) is -3.35. The molecule has 0 unspecified atom stereocenters. The van der Waals surface area contributed by atoms with Gasteiger partial charge in [0.05, 0.1) is 22.9 Å². The number of nitrogens with zero attached hydrogens (tertiary/aromatic N) is 3. The van der Waals surface area contributed by atoms with Gasteiger partial charge in [-0.2, -0.15) is 13.2 Å². The largest absolute Gasteiger partial charge is 0.408 e. The topological polar surface area (TPSA) is 105 Å². The van der Waals surface area contributed by atoms with E-state index in [2.05, 4.69) is 20.9 Å². The molecule has 2 aromatic heterocycles. The Morgan fingerprint density at radius 2 is 1.77 bits per heavy atom. The number of hydrogen-bond acceptors (Lipinski definition) is 6. The van der Waals surface area contributed by atoms with E-state index in [0.717, 1.165) is 6.07 Å². The number of nitrogens with one attached hydrogen (secondary N) is 1. The number of aliphatic hydroxyl groups is 1. The molecule has 5 rings (SSSR count). The van der Waals surface area contributed by atoms with Gasteiger partial charge in [-0.3, -0.25) is 19.0 Å². The van der Waals surface area contributed by atoms with Crippen LogP contribution in [-0.4, -0.2) is 57.8 Å². The minimum absolute atomic E-state index is 0.00783. The summed E-state index contributed by atoms with van der Waals surface area (Å²) in [5.74, 6) is -7.01. The van der Waals surface area contributed by atoms with Crippen LogP contribution in [0.25, 0.3) is 16.7 Å². The molecule has 8 nitrogen and oxygen atoms in total. The molecule has 15 heteroatoms. The molecular weight excluding hydrogens is 602 g/mol. The number of Topliss-reactive ketones (excluding diaryl/α,β-unsaturated/α-hetero) is 1. The van der Waals surface area contributed by atoms with Crippen molar-refractivity contribution in [3.8, 4) is 5.69 Å². The zero-order chi connectivity index (χ0) is 28.4. The van der Waals surface area contributed by atoms with Crippen LogP contribution in [0.1, 0.15) is 23.2 Å². The van der Waals surface area contributed by atoms with Crippen molar-refractivity contribution in [1.29, 1.82) is 0 Å². The number of alkyl halides is 3. The third-order valence-corrected chi connectivity index (χ3v) is 7.11. The number of β-amino-alcohol motifs (C(OH)–C–C–N with tert-alkyl or cyclic N) is 1. The van der Waals surface area contributed by atoms with Crippen LogP contribution >= 0.6 is 15.9 Å². The van der Waals surface area contributed by atoms with E-state index in [-0.39, 0.29) is 36.2 Å². The van der Waals surface area contributed by atoms with Crippen molar-refractivity contribution >= 4 is 44.5 Å². The second kappa shape index (κ2) is 9.62. The van der Waals surface area contributed by atoms with Gasteiger partial charge < -0.3 is 15.3 Å². The number of ketones is 1. The Morgan fingerprint density at radius 1 is 1.13 bits per heavy atom. The average Bonchev–Trinajstić information content (AvgIpc) is 3.61. The third-order valence-electron chi connectivity index (χ3n) is 6.52. The second-order valence-corrected chi connectivity index (χ2v) is 10.2. The van der Waals surface area contributed by atoms with Gasteiger partial charge in [-0.05, 0) is 40.8 Å². The minimum Gasteiger partial charge on any atom is -0.383 e. The lowest BCUT2D eigenvalue weighted by molar-refractivity contribution is -0.158. The van der Waals surface area contributed by atoms with Gasteiger partial charge >= 0.3 is 6.18 Å². The van der Waals surface area contributed by atoms with Gasteiger partial charge in [0, 0.05) is 18.3 Å². The first-order valence-corrected chi connectivity index (χ1v) is 12.3. The fourth-order valence-corrected chi connectivity index (χ4v) is 5.05. The highest BCUT2D eigenvalue weighted by Gasteiger charge is 2.50. The highest BCUT2D eigenvalue weighted by molar-refractivity contribution is 9.10. The van der Waals surface area contributed by atoms with E-state index in [1.807, 2.05) is 5.32 Å². The van der Waals surface area contributed by atoms with E-state index >= 15 is 0 Å². The summed E-state index contributed by atoms with van der Waals surface area (Å²) in [5, 5.41) is 11.2. The van der Waals surface area contributed by atoms with Crippen LogP contribution in [0.15, 0.2) is 33.7 Å². The standard InChI is InChI=1S/C24H17BrF6N4O4/c25-13-5-11-19(38)12(23(39)32-20(9-1-2-9)24(29,30)31)6-35(18-14(27)3-10(26)4-15(18)28)21(11)33-22(13)34-7-16(36)17(37)8-34/h3-6,9,16,20,36H,1-2,7-8H2,(H,32,39)/t16-,20+/m1/s1. The first-order chi connectivity index (χ1) is 18.3. The summed E-state index contributed by atoms with van der Waals surface area (Å²) in [7, 11) is 0. The summed E-state index contributed by atoms with van der Waals surface area (Å²) >= 11 is 3.18. The molecule has 0 bridgehead atoms. The number of benzene rings is 1. The molecule has 3 aromatic rings. The summed E-state index contributed by atoms with van der Waals surface area (Å²) in [4.78, 5) is 43.7. The molecule has 1 aromatic carbocycles. The van der Waals surface area contributed by atoms with Gasteiger partial charge in [-0.1, -0.05) is 0 Å². The van der Waals surface area contributed by atoms with Crippen LogP contribution in [0, 0.1) is 23.4 Å². The molecular formula is C24H17BrF6N4O4. The molecule has 1 aliphatic heterocycles. The van der Waals surface area contributed by atoms with Gasteiger partial charge in [0.25, 0.3) is 5.91 Å². The Balaban J connectivity index is 1.73. The Labute approximate surface area is 223 Å². The van der Waals surface area contributed by atoms with E-state index < -0.39 is 81.1 Å². The molecule has 2 N–H and O–H groups in total.